The maximum absolute atomic E-state index is 14.8. The zero-order valence-electron chi connectivity index (χ0n) is 21.8. The summed E-state index contributed by atoms with van der Waals surface area (Å²) < 4.78 is 17.0. The van der Waals surface area contributed by atoms with Crippen molar-refractivity contribution in [2.75, 3.05) is 18.6 Å². The van der Waals surface area contributed by atoms with Crippen molar-refractivity contribution in [3.63, 3.8) is 0 Å². The van der Waals surface area contributed by atoms with Gasteiger partial charge in [0.2, 0.25) is 11.8 Å². The van der Waals surface area contributed by atoms with Crippen LogP contribution in [0, 0.1) is 5.41 Å². The molecule has 0 saturated carbocycles. The van der Waals surface area contributed by atoms with Crippen molar-refractivity contribution in [1.29, 1.82) is 0 Å². The Labute approximate surface area is 210 Å². The zero-order chi connectivity index (χ0) is 26.4. The van der Waals surface area contributed by atoms with Crippen molar-refractivity contribution in [2.45, 2.75) is 65.3 Å². The van der Waals surface area contributed by atoms with Crippen LogP contribution in [0.15, 0.2) is 41.0 Å². The third-order valence-electron chi connectivity index (χ3n) is 7.59. The Kier molecular flexibility index (Phi) is 5.02. The highest BCUT2D eigenvalue weighted by atomic mass is 16.5. The molecule has 5 rings (SSSR count). The van der Waals surface area contributed by atoms with E-state index in [1.54, 1.807) is 25.0 Å². The largest absolute Gasteiger partial charge is 0.497 e. The Hall–Kier alpha value is -3.55. The molecule has 1 atom stereocenters. The number of carbonyl (C=O) groups is 3. The molecule has 0 aromatic heterocycles. The van der Waals surface area contributed by atoms with Gasteiger partial charge in [-0.25, -0.2) is 4.79 Å². The minimum absolute atomic E-state index is 0.0683. The van der Waals surface area contributed by atoms with Crippen molar-refractivity contribution in [2.24, 2.45) is 11.1 Å². The van der Waals surface area contributed by atoms with Gasteiger partial charge in [0, 0.05) is 24.0 Å². The number of fused-ring (bicyclic) bond motifs is 2. The lowest BCUT2D eigenvalue weighted by molar-refractivity contribution is -0.141. The Bertz CT molecular complexity index is 1350. The number of Topliss-reactive ketones (excluding diaryl/α,β-unsaturated/α-hetero) is 1. The van der Waals surface area contributed by atoms with Crippen LogP contribution in [0.5, 0.6) is 5.75 Å². The molecule has 1 aromatic rings. The van der Waals surface area contributed by atoms with Gasteiger partial charge in [-0.2, -0.15) is 0 Å². The molecule has 190 valence electrons. The fourth-order valence-electron chi connectivity index (χ4n) is 6.36. The number of ether oxygens (including phenoxy) is 3. The van der Waals surface area contributed by atoms with Crippen molar-refractivity contribution >= 4 is 28.9 Å². The van der Waals surface area contributed by atoms with Gasteiger partial charge in [-0.15, -0.1) is 0 Å². The third-order valence-corrected chi connectivity index (χ3v) is 7.59. The van der Waals surface area contributed by atoms with Gasteiger partial charge in [-0.3, -0.25) is 9.59 Å². The smallest absolute Gasteiger partial charge is 0.341 e. The number of nitrogens with two attached hydrogens (primary N) is 1. The van der Waals surface area contributed by atoms with Crippen molar-refractivity contribution in [1.82, 2.24) is 0 Å². The maximum Gasteiger partial charge on any atom is 0.341 e. The fraction of sp³-hybridized carbons (Fsp3) is 0.464. The number of rotatable bonds is 3. The van der Waals surface area contributed by atoms with Crippen molar-refractivity contribution in [3.05, 3.63) is 52.1 Å². The monoisotopic (exact) mass is 492 g/mol. The van der Waals surface area contributed by atoms with Gasteiger partial charge in [-0.05, 0) is 50.8 Å². The van der Waals surface area contributed by atoms with E-state index >= 15 is 0 Å². The van der Waals surface area contributed by atoms with Crippen molar-refractivity contribution in [3.8, 4) is 5.75 Å². The van der Waals surface area contributed by atoms with Crippen LogP contribution in [-0.4, -0.2) is 36.9 Å². The standard InChI is InChI=1S/C28H32N2O6/c1-8-35-24(32)21-23(29)36-19-13-26(3,4)12-18(31)20(19)28(21)17-10-15(34-7)9-16-14(2)11-27(5,6)30(22(16)17)25(28)33/h9-11H,8,12-13,29H2,1-7H3. The lowest BCUT2D eigenvalue weighted by Crippen LogP contribution is -2.56. The summed E-state index contributed by atoms with van der Waals surface area (Å²) in [6.07, 6.45) is 2.60. The van der Waals surface area contributed by atoms with Gasteiger partial charge in [0.1, 0.15) is 22.5 Å². The second-order valence-electron chi connectivity index (χ2n) is 11.2. The quantitative estimate of drug-likeness (QED) is 0.638. The fourth-order valence-corrected chi connectivity index (χ4v) is 6.36. The summed E-state index contributed by atoms with van der Waals surface area (Å²) in [7, 11) is 1.54. The Morgan fingerprint density at radius 2 is 1.86 bits per heavy atom. The maximum atomic E-state index is 14.8. The number of nitrogens with zero attached hydrogens (tertiary/aromatic N) is 1. The number of hydrogen-bond donors (Lipinski definition) is 1. The highest BCUT2D eigenvalue weighted by Gasteiger charge is 2.67. The summed E-state index contributed by atoms with van der Waals surface area (Å²) in [6.45, 7) is 11.5. The Morgan fingerprint density at radius 1 is 1.17 bits per heavy atom. The van der Waals surface area contributed by atoms with Gasteiger partial charge in [0.05, 0.1) is 30.5 Å². The SMILES string of the molecule is CCOC(=O)C1=C(N)OC2=C(C(=O)CC(C)(C)C2)C12C(=O)N1c3c(cc(OC)cc32)C(C)=CC1(C)C. The number of anilines is 1. The van der Waals surface area contributed by atoms with Gasteiger partial charge in [-0.1, -0.05) is 19.9 Å². The molecular weight excluding hydrogens is 460 g/mol. The molecule has 3 heterocycles. The van der Waals surface area contributed by atoms with Gasteiger partial charge < -0.3 is 24.8 Å². The highest BCUT2D eigenvalue weighted by molar-refractivity contribution is 6.25. The van der Waals surface area contributed by atoms with Crippen molar-refractivity contribution < 1.29 is 28.6 Å². The van der Waals surface area contributed by atoms with E-state index in [1.165, 1.54) is 0 Å². The van der Waals surface area contributed by atoms with Crippen LogP contribution in [0.2, 0.25) is 0 Å². The van der Waals surface area contributed by atoms with E-state index in [9.17, 15) is 14.4 Å². The second kappa shape index (κ2) is 7.48. The number of amides is 1. The van der Waals surface area contributed by atoms with E-state index in [-0.39, 0.29) is 35.8 Å². The van der Waals surface area contributed by atoms with E-state index in [2.05, 4.69) is 0 Å². The van der Waals surface area contributed by atoms with Gasteiger partial charge in [0.25, 0.3) is 0 Å². The zero-order valence-corrected chi connectivity index (χ0v) is 21.8. The Morgan fingerprint density at radius 3 is 2.50 bits per heavy atom. The minimum atomic E-state index is -1.80. The third kappa shape index (κ3) is 2.96. The lowest BCUT2D eigenvalue weighted by atomic mass is 9.61. The predicted octanol–water partition coefficient (Wildman–Crippen LogP) is 3.88. The number of carbonyl (C=O) groups excluding carboxylic acids is 3. The molecule has 0 bridgehead atoms. The van der Waals surface area contributed by atoms with Gasteiger partial charge >= 0.3 is 5.97 Å². The number of hydrogen-bond acceptors (Lipinski definition) is 7. The molecular formula is C28H32N2O6. The van der Waals surface area contributed by atoms with Crippen LogP contribution in [0.25, 0.3) is 5.57 Å². The summed E-state index contributed by atoms with van der Waals surface area (Å²) in [5.74, 6) is -0.840. The van der Waals surface area contributed by atoms with Crippen LogP contribution in [0.4, 0.5) is 5.69 Å². The molecule has 2 N–H and O–H groups in total. The highest BCUT2D eigenvalue weighted by Crippen LogP contribution is 2.61. The summed E-state index contributed by atoms with van der Waals surface area (Å²) in [4.78, 5) is 43.9. The number of esters is 1. The average molecular weight is 493 g/mol. The second-order valence-corrected chi connectivity index (χ2v) is 11.2. The first-order chi connectivity index (χ1) is 16.8. The molecule has 36 heavy (non-hydrogen) atoms. The molecule has 8 heteroatoms. The molecule has 4 aliphatic rings. The summed E-state index contributed by atoms with van der Waals surface area (Å²) in [5.41, 5.74) is 6.41. The lowest BCUT2D eigenvalue weighted by Gasteiger charge is -2.43. The molecule has 0 fully saturated rings. The molecule has 1 spiro atoms. The van der Waals surface area contributed by atoms with Crippen LogP contribution in [0.1, 0.15) is 65.5 Å². The molecule has 0 saturated heterocycles. The summed E-state index contributed by atoms with van der Waals surface area (Å²) >= 11 is 0. The van der Waals surface area contributed by atoms with Crippen LogP contribution < -0.4 is 15.4 Å². The number of benzene rings is 1. The van der Waals surface area contributed by atoms with Gasteiger partial charge in [0.15, 0.2) is 5.78 Å². The molecule has 0 radical (unpaired) electrons. The number of allylic oxidation sites excluding steroid dienone is 2. The minimum Gasteiger partial charge on any atom is -0.497 e. The topological polar surface area (TPSA) is 108 Å². The van der Waals surface area contributed by atoms with E-state index in [0.717, 1.165) is 11.1 Å². The number of methoxy groups -OCH3 is 1. The molecule has 8 nitrogen and oxygen atoms in total. The van der Waals surface area contributed by atoms with Crippen LogP contribution in [-0.2, 0) is 29.3 Å². The summed E-state index contributed by atoms with van der Waals surface area (Å²) in [6, 6.07) is 3.61. The first-order valence-electron chi connectivity index (χ1n) is 12.2. The average Bonchev–Trinajstić information content (AvgIpc) is 3.00. The molecule has 1 aromatic carbocycles. The van der Waals surface area contributed by atoms with E-state index in [4.69, 9.17) is 19.9 Å². The molecule has 3 aliphatic heterocycles. The first kappa shape index (κ1) is 24.2. The van der Waals surface area contributed by atoms with E-state index < -0.39 is 28.2 Å². The van der Waals surface area contributed by atoms with E-state index in [0.29, 0.717) is 29.2 Å². The Balaban J connectivity index is 1.96. The van der Waals surface area contributed by atoms with E-state index in [1.807, 2.05) is 46.8 Å². The molecule has 1 aliphatic carbocycles. The molecule has 1 amide bonds. The van der Waals surface area contributed by atoms with Crippen LogP contribution in [0.3, 0.4) is 0 Å². The first-order valence-corrected chi connectivity index (χ1v) is 12.2. The predicted molar refractivity (Wildman–Crippen MR) is 134 cm³/mol. The van der Waals surface area contributed by atoms with Crippen LogP contribution >= 0.6 is 0 Å². The summed E-state index contributed by atoms with van der Waals surface area (Å²) in [5, 5.41) is 0. The normalized spacial score (nSPS) is 25.4. The number of ketones is 1. The molecule has 1 unspecified atom stereocenters.